The van der Waals surface area contributed by atoms with E-state index in [9.17, 15) is 4.79 Å². The molecule has 1 aliphatic heterocycles. The number of hydrogen-bond acceptors (Lipinski definition) is 2. The highest BCUT2D eigenvalue weighted by molar-refractivity contribution is 9.10. The molecule has 5 heteroatoms. The molecule has 0 aromatic heterocycles. The van der Waals surface area contributed by atoms with E-state index in [-0.39, 0.29) is 0 Å². The van der Waals surface area contributed by atoms with Gasteiger partial charge in [-0.2, -0.15) is 0 Å². The summed E-state index contributed by atoms with van der Waals surface area (Å²) in [7, 11) is 0. The molecule has 1 heterocycles. The number of hydrogen-bond donors (Lipinski definition) is 1. The zero-order valence-corrected chi connectivity index (χ0v) is 11.1. The maximum atomic E-state index is 10.8. The van der Waals surface area contributed by atoms with Crippen LogP contribution in [0.4, 0.5) is 4.79 Å². The van der Waals surface area contributed by atoms with E-state index < -0.39 is 6.09 Å². The summed E-state index contributed by atoms with van der Waals surface area (Å²) < 4.78 is 1.11. The number of benzene rings is 1. The molecule has 1 amide bonds. The Morgan fingerprint density at radius 3 is 2.47 bits per heavy atom. The molecule has 0 saturated carbocycles. The Balaban J connectivity index is 1.90. The molecular weight excluding hydrogens is 284 g/mol. The first kappa shape index (κ1) is 12.4. The average molecular weight is 299 g/mol. The summed E-state index contributed by atoms with van der Waals surface area (Å²) in [6.45, 7) is 3.66. The minimum Gasteiger partial charge on any atom is -0.465 e. The maximum absolute atomic E-state index is 10.8. The van der Waals surface area contributed by atoms with Crippen molar-refractivity contribution in [3.63, 3.8) is 0 Å². The van der Waals surface area contributed by atoms with Crippen molar-refractivity contribution in [1.82, 2.24) is 9.80 Å². The third-order valence-corrected chi connectivity index (χ3v) is 3.77. The van der Waals surface area contributed by atoms with E-state index in [1.54, 1.807) is 0 Å². The first-order valence-corrected chi connectivity index (χ1v) is 6.40. The van der Waals surface area contributed by atoms with Crippen molar-refractivity contribution in [2.24, 2.45) is 0 Å². The summed E-state index contributed by atoms with van der Waals surface area (Å²) in [6.07, 6.45) is -0.814. The summed E-state index contributed by atoms with van der Waals surface area (Å²) in [6, 6.07) is 8.14. The SMILES string of the molecule is O=C(O)N1CCN(Cc2ccccc2Br)CC1. The lowest BCUT2D eigenvalue weighted by Gasteiger charge is -2.33. The Kier molecular flexibility index (Phi) is 4.02. The number of halogens is 1. The molecule has 92 valence electrons. The zero-order valence-electron chi connectivity index (χ0n) is 9.47. The molecule has 17 heavy (non-hydrogen) atoms. The number of nitrogens with zero attached hydrogens (tertiary/aromatic N) is 2. The highest BCUT2D eigenvalue weighted by atomic mass is 79.9. The van der Waals surface area contributed by atoms with Crippen LogP contribution in [-0.2, 0) is 6.54 Å². The lowest BCUT2D eigenvalue weighted by molar-refractivity contribution is 0.103. The van der Waals surface area contributed by atoms with Crippen LogP contribution in [0.5, 0.6) is 0 Å². The van der Waals surface area contributed by atoms with Crippen LogP contribution in [-0.4, -0.2) is 47.2 Å². The van der Waals surface area contributed by atoms with E-state index in [0.717, 1.165) is 24.1 Å². The van der Waals surface area contributed by atoms with Crippen molar-refractivity contribution < 1.29 is 9.90 Å². The molecule has 1 N–H and O–H groups in total. The van der Waals surface area contributed by atoms with Gasteiger partial charge in [-0.15, -0.1) is 0 Å². The Bertz CT molecular complexity index is 403. The predicted molar refractivity (Wildman–Crippen MR) is 69.0 cm³/mol. The molecule has 1 fully saturated rings. The highest BCUT2D eigenvalue weighted by Crippen LogP contribution is 2.18. The minimum atomic E-state index is -0.814. The van der Waals surface area contributed by atoms with Crippen LogP contribution in [0.1, 0.15) is 5.56 Å². The number of amides is 1. The van der Waals surface area contributed by atoms with Crippen LogP contribution < -0.4 is 0 Å². The maximum Gasteiger partial charge on any atom is 0.407 e. The van der Waals surface area contributed by atoms with Gasteiger partial charge in [0.15, 0.2) is 0 Å². The van der Waals surface area contributed by atoms with Crippen molar-refractivity contribution in [1.29, 1.82) is 0 Å². The van der Waals surface area contributed by atoms with Gasteiger partial charge >= 0.3 is 6.09 Å². The van der Waals surface area contributed by atoms with Crippen LogP contribution in [0.3, 0.4) is 0 Å². The van der Waals surface area contributed by atoms with Gasteiger partial charge in [-0.3, -0.25) is 4.90 Å². The quantitative estimate of drug-likeness (QED) is 0.911. The monoisotopic (exact) mass is 298 g/mol. The second-order valence-corrected chi connectivity index (χ2v) is 4.99. The molecule has 0 radical (unpaired) electrons. The van der Waals surface area contributed by atoms with Gasteiger partial charge in [0.1, 0.15) is 0 Å². The first-order chi connectivity index (χ1) is 8.16. The van der Waals surface area contributed by atoms with E-state index in [2.05, 4.69) is 26.9 Å². The largest absolute Gasteiger partial charge is 0.465 e. The standard InChI is InChI=1S/C12H15BrN2O2/c13-11-4-2-1-3-10(11)9-14-5-7-15(8-6-14)12(16)17/h1-4H,5-9H2,(H,16,17). The van der Waals surface area contributed by atoms with Gasteiger partial charge in [-0.1, -0.05) is 34.1 Å². The lowest BCUT2D eigenvalue weighted by Crippen LogP contribution is -2.47. The summed E-state index contributed by atoms with van der Waals surface area (Å²) in [4.78, 5) is 14.5. The fourth-order valence-electron chi connectivity index (χ4n) is 1.96. The number of carbonyl (C=O) groups is 1. The molecule has 2 rings (SSSR count). The van der Waals surface area contributed by atoms with E-state index in [0.29, 0.717) is 13.1 Å². The van der Waals surface area contributed by atoms with Crippen molar-refractivity contribution in [2.75, 3.05) is 26.2 Å². The second-order valence-electron chi connectivity index (χ2n) is 4.14. The topological polar surface area (TPSA) is 43.8 Å². The van der Waals surface area contributed by atoms with Crippen LogP contribution in [0.25, 0.3) is 0 Å². The van der Waals surface area contributed by atoms with E-state index in [4.69, 9.17) is 5.11 Å². The molecule has 0 spiro atoms. The minimum absolute atomic E-state index is 0.597. The fraction of sp³-hybridized carbons (Fsp3) is 0.417. The normalized spacial score (nSPS) is 17.1. The molecule has 0 aliphatic carbocycles. The molecule has 1 aromatic rings. The molecule has 0 unspecified atom stereocenters. The van der Waals surface area contributed by atoms with Gasteiger partial charge in [0.2, 0.25) is 0 Å². The van der Waals surface area contributed by atoms with Gasteiger partial charge in [-0.25, -0.2) is 4.79 Å². The van der Waals surface area contributed by atoms with E-state index in [1.165, 1.54) is 10.5 Å². The van der Waals surface area contributed by atoms with Gasteiger partial charge in [0, 0.05) is 37.2 Å². The average Bonchev–Trinajstić information content (AvgIpc) is 2.33. The number of rotatable bonds is 2. The summed E-state index contributed by atoms with van der Waals surface area (Å²) in [5, 5.41) is 8.86. The number of carboxylic acid groups (broad SMARTS) is 1. The summed E-state index contributed by atoms with van der Waals surface area (Å²) in [5.74, 6) is 0. The van der Waals surface area contributed by atoms with Crippen LogP contribution in [0.15, 0.2) is 28.7 Å². The van der Waals surface area contributed by atoms with E-state index >= 15 is 0 Å². The van der Waals surface area contributed by atoms with Gasteiger partial charge in [0.05, 0.1) is 0 Å². The van der Waals surface area contributed by atoms with Crippen molar-refractivity contribution >= 4 is 22.0 Å². The molecule has 0 atom stereocenters. The van der Waals surface area contributed by atoms with Gasteiger partial charge < -0.3 is 10.0 Å². The highest BCUT2D eigenvalue weighted by Gasteiger charge is 2.20. The Hall–Kier alpha value is -1.07. The molecule has 1 saturated heterocycles. The van der Waals surface area contributed by atoms with Crippen molar-refractivity contribution in [2.45, 2.75) is 6.54 Å². The third-order valence-electron chi connectivity index (χ3n) is 2.99. The molecule has 4 nitrogen and oxygen atoms in total. The molecule has 0 bridgehead atoms. The van der Waals surface area contributed by atoms with Crippen molar-refractivity contribution in [3.8, 4) is 0 Å². The summed E-state index contributed by atoms with van der Waals surface area (Å²) in [5.41, 5.74) is 1.25. The Labute approximate surface area is 109 Å². The van der Waals surface area contributed by atoms with Crippen LogP contribution >= 0.6 is 15.9 Å². The molecule has 1 aromatic carbocycles. The first-order valence-electron chi connectivity index (χ1n) is 5.60. The van der Waals surface area contributed by atoms with E-state index in [1.807, 2.05) is 18.2 Å². The zero-order chi connectivity index (χ0) is 12.3. The van der Waals surface area contributed by atoms with Gasteiger partial charge in [-0.05, 0) is 11.6 Å². The Morgan fingerprint density at radius 1 is 1.24 bits per heavy atom. The smallest absolute Gasteiger partial charge is 0.407 e. The molecular formula is C12H15BrN2O2. The predicted octanol–water partition coefficient (Wildman–Crippen LogP) is 2.24. The molecule has 1 aliphatic rings. The lowest BCUT2D eigenvalue weighted by atomic mass is 10.2. The summed E-state index contributed by atoms with van der Waals surface area (Å²) >= 11 is 3.53. The van der Waals surface area contributed by atoms with Crippen LogP contribution in [0.2, 0.25) is 0 Å². The Morgan fingerprint density at radius 2 is 1.88 bits per heavy atom. The third kappa shape index (κ3) is 3.20. The number of piperazine rings is 1. The van der Waals surface area contributed by atoms with Crippen molar-refractivity contribution in [3.05, 3.63) is 34.3 Å². The second kappa shape index (κ2) is 5.51. The van der Waals surface area contributed by atoms with Crippen LogP contribution in [0, 0.1) is 0 Å². The fourth-order valence-corrected chi connectivity index (χ4v) is 2.37. The van der Waals surface area contributed by atoms with Gasteiger partial charge in [0.25, 0.3) is 0 Å².